The van der Waals surface area contributed by atoms with Crippen LogP contribution in [0.1, 0.15) is 29.6 Å². The first-order valence-electron chi connectivity index (χ1n) is 6.89. The highest BCUT2D eigenvalue weighted by atomic mass is 16.1. The molecule has 0 fully saturated rings. The normalized spacial score (nSPS) is 17.9. The lowest BCUT2D eigenvalue weighted by molar-refractivity contribution is 0.0942. The maximum atomic E-state index is 12.1. The van der Waals surface area contributed by atoms with Crippen LogP contribution in [0.3, 0.4) is 0 Å². The number of carbonyl (C=O) groups is 1. The fraction of sp³-hybridized carbons (Fsp3) is 0.250. The number of hydrogen-bond acceptors (Lipinski definition) is 2. The molecule has 0 spiro atoms. The van der Waals surface area contributed by atoms with Gasteiger partial charge in [-0.3, -0.25) is 4.79 Å². The van der Waals surface area contributed by atoms with Crippen LogP contribution in [0, 0.1) is 0 Å². The molecule has 1 aromatic heterocycles. The number of rotatable bonds is 3. The van der Waals surface area contributed by atoms with Crippen molar-refractivity contribution in [3.63, 3.8) is 0 Å². The molecule has 20 heavy (non-hydrogen) atoms. The number of nitrogens with one attached hydrogen (secondary N) is 1. The average molecular weight is 267 g/mol. The number of amides is 1. The Balaban J connectivity index is 1.69. The fourth-order valence-corrected chi connectivity index (χ4v) is 2.38. The van der Waals surface area contributed by atoms with E-state index in [1.165, 1.54) is 0 Å². The minimum atomic E-state index is -0.0151. The lowest BCUT2D eigenvalue weighted by Gasteiger charge is -2.18. The molecule has 1 heterocycles. The molecular weight excluding hydrogens is 250 g/mol. The van der Waals surface area contributed by atoms with Crippen LogP contribution in [-0.4, -0.2) is 21.5 Å². The Morgan fingerprint density at radius 3 is 2.80 bits per heavy atom. The molecule has 0 bridgehead atoms. The Hall–Kier alpha value is -2.36. The van der Waals surface area contributed by atoms with Gasteiger partial charge in [0.25, 0.3) is 5.91 Å². The quantitative estimate of drug-likeness (QED) is 0.869. The van der Waals surface area contributed by atoms with Crippen molar-refractivity contribution in [2.75, 3.05) is 0 Å². The van der Waals surface area contributed by atoms with Crippen LogP contribution in [-0.2, 0) is 0 Å². The highest BCUT2D eigenvalue weighted by Crippen LogP contribution is 2.12. The molecule has 1 aromatic carbocycles. The van der Waals surface area contributed by atoms with Gasteiger partial charge in [0.15, 0.2) is 0 Å². The second-order valence-electron chi connectivity index (χ2n) is 4.96. The minimum absolute atomic E-state index is 0.0151. The predicted molar refractivity (Wildman–Crippen MR) is 77.8 cm³/mol. The van der Waals surface area contributed by atoms with Gasteiger partial charge in [0.1, 0.15) is 0 Å². The van der Waals surface area contributed by atoms with Gasteiger partial charge in [0.05, 0.1) is 6.33 Å². The smallest absolute Gasteiger partial charge is 0.251 e. The zero-order chi connectivity index (χ0) is 13.8. The number of carbonyl (C=O) groups excluding carboxylic acids is 1. The summed E-state index contributed by atoms with van der Waals surface area (Å²) in [7, 11) is 0. The van der Waals surface area contributed by atoms with Gasteiger partial charge in [0, 0.05) is 29.7 Å². The van der Waals surface area contributed by atoms with Crippen LogP contribution in [0.25, 0.3) is 5.69 Å². The third-order valence-corrected chi connectivity index (χ3v) is 3.50. The van der Waals surface area contributed by atoms with Crippen LogP contribution in [0.2, 0.25) is 0 Å². The Bertz CT molecular complexity index is 599. The maximum absolute atomic E-state index is 12.1. The molecule has 1 atom stereocenters. The van der Waals surface area contributed by atoms with Crippen molar-refractivity contribution < 1.29 is 4.79 Å². The summed E-state index contributed by atoms with van der Waals surface area (Å²) in [6, 6.07) is 7.71. The van der Waals surface area contributed by atoms with Gasteiger partial charge >= 0.3 is 0 Å². The zero-order valence-corrected chi connectivity index (χ0v) is 11.2. The molecule has 1 N–H and O–H groups in total. The molecule has 4 heteroatoms. The molecule has 102 valence electrons. The maximum Gasteiger partial charge on any atom is 0.251 e. The highest BCUT2D eigenvalue weighted by molar-refractivity contribution is 5.94. The monoisotopic (exact) mass is 267 g/mol. The SMILES string of the molecule is O=C(NC1C=CCCC1)c1ccc(-n2ccnc2)cc1. The summed E-state index contributed by atoms with van der Waals surface area (Å²) in [5.74, 6) is -0.0151. The van der Waals surface area contributed by atoms with E-state index in [2.05, 4.69) is 22.5 Å². The molecule has 1 unspecified atom stereocenters. The molecule has 1 aliphatic carbocycles. The van der Waals surface area contributed by atoms with Crippen molar-refractivity contribution in [3.05, 3.63) is 60.7 Å². The van der Waals surface area contributed by atoms with E-state index in [0.29, 0.717) is 5.56 Å². The van der Waals surface area contributed by atoms with Crippen molar-refractivity contribution in [2.45, 2.75) is 25.3 Å². The van der Waals surface area contributed by atoms with Crippen molar-refractivity contribution >= 4 is 5.91 Å². The minimum Gasteiger partial charge on any atom is -0.346 e. The lowest BCUT2D eigenvalue weighted by Crippen LogP contribution is -2.34. The van der Waals surface area contributed by atoms with Crippen molar-refractivity contribution in [3.8, 4) is 5.69 Å². The van der Waals surface area contributed by atoms with E-state index in [9.17, 15) is 4.79 Å². The second-order valence-corrected chi connectivity index (χ2v) is 4.96. The van der Waals surface area contributed by atoms with Gasteiger partial charge in [0.2, 0.25) is 0 Å². The van der Waals surface area contributed by atoms with E-state index >= 15 is 0 Å². The average Bonchev–Trinajstić information content (AvgIpc) is 3.03. The van der Waals surface area contributed by atoms with Crippen LogP contribution in [0.15, 0.2) is 55.1 Å². The Labute approximate surface area is 118 Å². The van der Waals surface area contributed by atoms with Gasteiger partial charge in [-0.1, -0.05) is 12.2 Å². The fourth-order valence-electron chi connectivity index (χ4n) is 2.38. The molecule has 0 radical (unpaired) electrons. The van der Waals surface area contributed by atoms with Crippen LogP contribution in [0.4, 0.5) is 0 Å². The number of aromatic nitrogens is 2. The summed E-state index contributed by atoms with van der Waals surface area (Å²) in [5.41, 5.74) is 1.68. The van der Waals surface area contributed by atoms with E-state index in [1.54, 1.807) is 12.5 Å². The van der Waals surface area contributed by atoms with Crippen LogP contribution in [0.5, 0.6) is 0 Å². The Morgan fingerprint density at radius 1 is 1.30 bits per heavy atom. The van der Waals surface area contributed by atoms with Gasteiger partial charge in [-0.05, 0) is 43.5 Å². The first-order valence-corrected chi connectivity index (χ1v) is 6.89. The standard InChI is InChI=1S/C16H17N3O/c20-16(18-14-4-2-1-3-5-14)13-6-8-15(9-7-13)19-11-10-17-12-19/h2,4,6-12,14H,1,3,5H2,(H,18,20). The zero-order valence-electron chi connectivity index (χ0n) is 11.2. The first kappa shape index (κ1) is 12.7. The Kier molecular flexibility index (Phi) is 3.63. The van der Waals surface area contributed by atoms with E-state index in [4.69, 9.17) is 0 Å². The number of imidazole rings is 1. The summed E-state index contributed by atoms with van der Waals surface area (Å²) < 4.78 is 1.91. The third-order valence-electron chi connectivity index (χ3n) is 3.50. The van der Waals surface area contributed by atoms with Crippen molar-refractivity contribution in [1.82, 2.24) is 14.9 Å². The summed E-state index contributed by atoms with van der Waals surface area (Å²) in [6.07, 6.45) is 12.8. The summed E-state index contributed by atoms with van der Waals surface area (Å²) in [4.78, 5) is 16.2. The van der Waals surface area contributed by atoms with Gasteiger partial charge in [-0.15, -0.1) is 0 Å². The summed E-state index contributed by atoms with van der Waals surface area (Å²) in [6.45, 7) is 0. The number of allylic oxidation sites excluding steroid dienone is 1. The number of hydrogen-bond donors (Lipinski definition) is 1. The highest BCUT2D eigenvalue weighted by Gasteiger charge is 2.13. The molecule has 0 saturated heterocycles. The van der Waals surface area contributed by atoms with Gasteiger partial charge in [-0.25, -0.2) is 4.98 Å². The van der Waals surface area contributed by atoms with E-state index in [1.807, 2.05) is 35.0 Å². The van der Waals surface area contributed by atoms with E-state index < -0.39 is 0 Å². The Morgan fingerprint density at radius 2 is 2.15 bits per heavy atom. The molecular formula is C16H17N3O. The van der Waals surface area contributed by atoms with Crippen LogP contribution >= 0.6 is 0 Å². The second kappa shape index (κ2) is 5.74. The predicted octanol–water partition coefficient (Wildman–Crippen LogP) is 2.71. The molecule has 2 aromatic rings. The van der Waals surface area contributed by atoms with Crippen LogP contribution < -0.4 is 5.32 Å². The number of nitrogens with zero attached hydrogens (tertiary/aromatic N) is 2. The molecule has 0 aliphatic heterocycles. The molecule has 1 amide bonds. The van der Waals surface area contributed by atoms with Gasteiger partial charge < -0.3 is 9.88 Å². The first-order chi connectivity index (χ1) is 9.83. The molecule has 0 saturated carbocycles. The number of benzene rings is 1. The summed E-state index contributed by atoms with van der Waals surface area (Å²) >= 11 is 0. The van der Waals surface area contributed by atoms with Crippen molar-refractivity contribution in [2.24, 2.45) is 0 Å². The molecule has 4 nitrogen and oxygen atoms in total. The van der Waals surface area contributed by atoms with E-state index in [-0.39, 0.29) is 11.9 Å². The summed E-state index contributed by atoms with van der Waals surface area (Å²) in [5, 5.41) is 3.04. The topological polar surface area (TPSA) is 46.9 Å². The molecule has 1 aliphatic rings. The largest absolute Gasteiger partial charge is 0.346 e. The van der Waals surface area contributed by atoms with E-state index in [0.717, 1.165) is 24.9 Å². The molecule has 3 rings (SSSR count). The van der Waals surface area contributed by atoms with Gasteiger partial charge in [-0.2, -0.15) is 0 Å². The third kappa shape index (κ3) is 2.79. The lowest BCUT2D eigenvalue weighted by atomic mass is 10.0. The van der Waals surface area contributed by atoms with Crippen molar-refractivity contribution in [1.29, 1.82) is 0 Å².